The van der Waals surface area contributed by atoms with E-state index in [2.05, 4.69) is 83.6 Å². The van der Waals surface area contributed by atoms with E-state index in [1.807, 2.05) is 42.5 Å². The van der Waals surface area contributed by atoms with Crippen molar-refractivity contribution in [2.24, 2.45) is 16.0 Å². The van der Waals surface area contributed by atoms with Gasteiger partial charge >= 0.3 is 0 Å². The molecule has 0 bridgehead atoms. The SMILES string of the molecule is CC(C)[Si](OC1=CCC(c2cc(F)cc(C#N)c2)CC1)(C(C)C)C(C)C.N#Cc1cc(F)cc(C2CCC(=O)C(Br)C2)c1.N#Cc1cc(F)cc(C2CCC(=O)C(N=[N+]=[N-])C2)c1.N#Cc1cc(F)cc(C2CCC(=O)CC2)c1.N#Cc1cc(F)cc(C2CCC(O)C(N)C2)c1.N#Cc1cc(F)cc(C2CCC(O)C(N=[N+]=[N-])C2)c1.[HH]. The molecule has 6 aromatic carbocycles. The lowest BCUT2D eigenvalue weighted by Gasteiger charge is -2.43. The number of ketones is 3. The third-order valence-corrected chi connectivity index (χ3v) is 29.2. The predicted molar refractivity (Wildman–Crippen MR) is 427 cm³/mol. The number of carbonyl (C=O) groups excluding carboxylic acids is 3. The van der Waals surface area contributed by atoms with Crippen LogP contribution in [0.15, 0.2) is 131 Å². The van der Waals surface area contributed by atoms with Crippen molar-refractivity contribution in [1.82, 2.24) is 0 Å². The summed E-state index contributed by atoms with van der Waals surface area (Å²) < 4.78 is 87.2. The maximum absolute atomic E-state index is 13.7. The maximum Gasteiger partial charge on any atom is 0.258 e. The van der Waals surface area contributed by atoms with E-state index in [1.54, 1.807) is 36.4 Å². The molecule has 19 nitrogen and oxygen atoms in total. The molecule has 11 unspecified atom stereocenters. The molecule has 0 aromatic heterocycles. The Morgan fingerprint density at radius 1 is 0.447 bits per heavy atom. The van der Waals surface area contributed by atoms with Crippen molar-refractivity contribution in [3.63, 3.8) is 0 Å². The highest BCUT2D eigenvalue weighted by atomic mass is 79.9. The summed E-state index contributed by atoms with van der Waals surface area (Å²) in [5.74, 6) is -0.125. The Kier molecular flexibility index (Phi) is 34.8. The van der Waals surface area contributed by atoms with Gasteiger partial charge in [-0.2, -0.15) is 31.6 Å². The largest absolute Gasteiger partial charge is 0.546 e. The number of aliphatic hydroxyl groups is 2. The average Bonchev–Trinajstić information content (AvgIpc) is 0.799. The van der Waals surface area contributed by atoms with Gasteiger partial charge in [0.25, 0.3) is 8.32 Å². The molecule has 0 radical (unpaired) electrons. The molecule has 6 aliphatic carbocycles. The number of benzene rings is 6. The fraction of sp³-hybridized carbons (Fsp3) is 0.460. The number of carbonyl (C=O) groups is 3. The lowest BCUT2D eigenvalue weighted by Crippen LogP contribution is -2.47. The van der Waals surface area contributed by atoms with Crippen molar-refractivity contribution in [3.05, 3.63) is 244 Å². The number of halogens is 7. The van der Waals surface area contributed by atoms with Gasteiger partial charge in [-0.1, -0.05) is 67.7 Å². The van der Waals surface area contributed by atoms with E-state index in [4.69, 9.17) is 52.8 Å². The topological polar surface area (TPSA) is 367 Å². The van der Waals surface area contributed by atoms with Gasteiger partial charge in [0.2, 0.25) is 0 Å². The van der Waals surface area contributed by atoms with E-state index in [9.17, 15) is 50.9 Å². The van der Waals surface area contributed by atoms with Gasteiger partial charge in [0.1, 0.15) is 52.3 Å². The average molecular weight is 1640 g/mol. The van der Waals surface area contributed by atoms with E-state index >= 15 is 0 Å². The summed E-state index contributed by atoms with van der Waals surface area (Å²) >= 11 is 3.34. The number of hydrogen-bond donors (Lipinski definition) is 3. The number of nitriles is 6. The molecule has 12 rings (SSSR count). The van der Waals surface area contributed by atoms with Crippen LogP contribution in [0, 0.1) is 103 Å². The van der Waals surface area contributed by atoms with Crippen LogP contribution < -0.4 is 5.73 Å². The lowest BCUT2D eigenvalue weighted by atomic mass is 9.80. The fourth-order valence-corrected chi connectivity index (χ4v) is 22.4. The van der Waals surface area contributed by atoms with Crippen molar-refractivity contribution >= 4 is 41.6 Å². The molecule has 4 N–H and O–H groups in total. The molecule has 0 heterocycles. The van der Waals surface area contributed by atoms with E-state index in [0.717, 1.165) is 78.5 Å². The number of allylic oxidation sites excluding steroid dienone is 2. The molecular formula is C87H96BrF6N13O6Si. The van der Waals surface area contributed by atoms with Crippen LogP contribution in [-0.2, 0) is 18.8 Å². The molecule has 0 saturated heterocycles. The zero-order valence-electron chi connectivity index (χ0n) is 64.7. The predicted octanol–water partition coefficient (Wildman–Crippen LogP) is 21.4. The van der Waals surface area contributed by atoms with E-state index in [0.29, 0.717) is 121 Å². The molecule has 114 heavy (non-hydrogen) atoms. The minimum absolute atomic E-state index is 0. The van der Waals surface area contributed by atoms with Gasteiger partial charge in [0.15, 0.2) is 0 Å². The van der Waals surface area contributed by atoms with Gasteiger partial charge in [-0.25, -0.2) is 26.3 Å². The van der Waals surface area contributed by atoms with Crippen LogP contribution in [0.1, 0.15) is 267 Å². The van der Waals surface area contributed by atoms with Gasteiger partial charge < -0.3 is 20.4 Å². The summed E-state index contributed by atoms with van der Waals surface area (Å²) in [5.41, 5.74) is 31.1. The molecule has 11 atom stereocenters. The Morgan fingerprint density at radius 3 is 1.13 bits per heavy atom. The second kappa shape index (κ2) is 43.7. The molecule has 27 heteroatoms. The lowest BCUT2D eigenvalue weighted by molar-refractivity contribution is -0.122. The fourth-order valence-electron chi connectivity index (χ4n) is 16.4. The molecule has 5 saturated carbocycles. The maximum atomic E-state index is 13.7. The summed E-state index contributed by atoms with van der Waals surface area (Å²) in [6.07, 6.45) is 13.4. The van der Waals surface area contributed by atoms with Crippen LogP contribution in [-0.4, -0.2) is 71.0 Å². The van der Waals surface area contributed by atoms with Crippen molar-refractivity contribution < 1.29 is 56.8 Å². The van der Waals surface area contributed by atoms with Gasteiger partial charge in [0, 0.05) is 49.4 Å². The highest BCUT2D eigenvalue weighted by Gasteiger charge is 2.47. The van der Waals surface area contributed by atoms with Crippen LogP contribution in [0.4, 0.5) is 26.3 Å². The van der Waals surface area contributed by atoms with Crippen molar-refractivity contribution in [1.29, 1.82) is 31.6 Å². The third-order valence-electron chi connectivity index (χ3n) is 22.3. The Morgan fingerprint density at radius 2 is 0.781 bits per heavy atom. The van der Waals surface area contributed by atoms with E-state index in [1.165, 1.54) is 66.7 Å². The molecular weight excluding hydrogens is 1550 g/mol. The van der Waals surface area contributed by atoms with Gasteiger partial charge in [0.05, 0.1) is 105 Å². The van der Waals surface area contributed by atoms with Crippen LogP contribution >= 0.6 is 15.9 Å². The first-order valence-corrected chi connectivity index (χ1v) is 41.4. The number of Topliss-reactive ketones (excluding diaryl/α,β-unsaturated/α-hetero) is 3. The number of hydrogen-bond acceptors (Lipinski definition) is 15. The quantitative estimate of drug-likeness (QED) is 0.0242. The van der Waals surface area contributed by atoms with E-state index in [-0.39, 0.29) is 93.7 Å². The first kappa shape index (κ1) is 90.8. The first-order chi connectivity index (χ1) is 54.3. The molecule has 5 fully saturated rings. The normalized spacial score (nSPS) is 22.6. The number of azide groups is 2. The minimum atomic E-state index is -1.91. The highest BCUT2D eigenvalue weighted by molar-refractivity contribution is 9.10. The highest BCUT2D eigenvalue weighted by Crippen LogP contribution is 2.47. The summed E-state index contributed by atoms with van der Waals surface area (Å²) in [6, 6.07) is 36.6. The van der Waals surface area contributed by atoms with Crippen molar-refractivity contribution in [2.75, 3.05) is 0 Å². The van der Waals surface area contributed by atoms with E-state index < -0.39 is 50.1 Å². The van der Waals surface area contributed by atoms with Gasteiger partial charge in [-0.15, -0.1) is 0 Å². The van der Waals surface area contributed by atoms with Crippen LogP contribution in [0.5, 0.6) is 0 Å². The summed E-state index contributed by atoms with van der Waals surface area (Å²) in [5, 5.41) is 79.4. The van der Waals surface area contributed by atoms with Crippen LogP contribution in [0.2, 0.25) is 16.6 Å². The Labute approximate surface area is 673 Å². The van der Waals surface area contributed by atoms with Gasteiger partial charge in [-0.3, -0.25) is 14.4 Å². The smallest absolute Gasteiger partial charge is 0.258 e. The number of nitrogens with zero attached hydrogens (tertiary/aromatic N) is 12. The van der Waals surface area contributed by atoms with Crippen LogP contribution in [0.25, 0.3) is 20.9 Å². The molecule has 0 spiro atoms. The Bertz CT molecular complexity index is 4790. The summed E-state index contributed by atoms with van der Waals surface area (Å²) in [6.45, 7) is 13.8. The number of rotatable bonds is 13. The number of alkyl halides is 1. The Hall–Kier alpha value is -10.4. The van der Waals surface area contributed by atoms with Crippen LogP contribution in [0.3, 0.4) is 0 Å². The molecule has 0 amide bonds. The molecule has 598 valence electrons. The number of aliphatic hydroxyl groups excluding tert-OH is 2. The van der Waals surface area contributed by atoms with Crippen molar-refractivity contribution in [2.45, 2.75) is 251 Å². The first-order valence-electron chi connectivity index (χ1n) is 38.4. The minimum Gasteiger partial charge on any atom is -0.546 e. The van der Waals surface area contributed by atoms with Gasteiger partial charge in [-0.05, 0) is 302 Å². The zero-order valence-corrected chi connectivity index (χ0v) is 67.3. The third kappa shape index (κ3) is 26.1. The van der Waals surface area contributed by atoms with Crippen molar-refractivity contribution in [3.8, 4) is 36.4 Å². The summed E-state index contributed by atoms with van der Waals surface area (Å²) in [7, 11) is -1.91. The second-order valence-electron chi connectivity index (χ2n) is 30.8. The monoisotopic (exact) mass is 1640 g/mol. The zero-order chi connectivity index (χ0) is 83.5. The number of nitrogens with two attached hydrogens (primary N) is 1. The summed E-state index contributed by atoms with van der Waals surface area (Å²) in [4.78, 5) is 39.3. The second-order valence-corrected chi connectivity index (χ2v) is 37.3. The standard InChI is InChI=1S/C22H32FNOSi.C13H11BrFNO.C13H13FN4O.C13H11FN4O.C13H15FN2O.C13H12FNO.H2/c1-15(2)26(16(3)4,17(5)6)25-22-9-7-19(8-10-22)20-11-18(14-24)12-21(23)13-20;14-12-6-9(1-2-13(12)17)10-3-8(7-16)4-11(15)5-10;2*14-11-4-8(7-15)3-10(5-11)9-1-2-13(19)12(6-9)17-18-16;14-11-4-8(7-15)3-10(5-11)9-1-2-13(17)12(16)6-9;14-12-6-9(8-15)5-11(7-12)10-1-3-13(16)4-2-10;/h9,11-13,15-17,19H,7-8,10H2,1-6H3;3-5,9,12H,1-2,6H2;3-5,9,12-13,19H,1-2,6H2;3-5,9,12H,1-2,6H2;3-5,9,12-13,17H,1-2,6,16H2;5-7,10H,1-4H2;1H. The molecule has 6 aromatic rings. The Balaban J connectivity index is 0.000000216. The molecule has 0 aliphatic heterocycles. The molecule has 6 aliphatic rings.